The third-order valence-electron chi connectivity index (χ3n) is 12.0. The quantitative estimate of drug-likeness (QED) is 0.383. The molecule has 12 unspecified atom stereocenters. The molecule has 12 atom stereocenters. The molecule has 10 nitrogen and oxygen atoms in total. The molecule has 2 saturated heterocycles. The van der Waals surface area contributed by atoms with Crippen molar-refractivity contribution in [3.63, 3.8) is 0 Å². The van der Waals surface area contributed by atoms with Crippen molar-refractivity contribution >= 4 is 11.9 Å². The molecule has 3 heterocycles. The highest BCUT2D eigenvalue weighted by atomic mass is 16.8. The van der Waals surface area contributed by atoms with Crippen LogP contribution in [-0.2, 0) is 38.0 Å². The molecule has 41 heavy (non-hydrogen) atoms. The van der Waals surface area contributed by atoms with Gasteiger partial charge >= 0.3 is 11.9 Å². The number of esters is 2. The predicted molar refractivity (Wildman–Crippen MR) is 142 cm³/mol. The lowest BCUT2D eigenvalue weighted by atomic mass is 9.45. The summed E-state index contributed by atoms with van der Waals surface area (Å²) in [7, 11) is 1.56. The Balaban J connectivity index is 1.21. The average Bonchev–Trinajstić information content (AvgIpc) is 3.42. The van der Waals surface area contributed by atoms with Crippen LogP contribution in [0.1, 0.15) is 65.7 Å². The summed E-state index contributed by atoms with van der Waals surface area (Å²) in [5, 5.41) is 24.3. The maximum atomic E-state index is 12.8. The standard InChI is InChI=1S/C31H42O10/c1-16(32)39-23-14-30(34)20-6-5-18-12-21-22(41-31(35)24(36-4)8-10-37-27(31)40-21)13-28(18,2)19(20)7-9-29(30,3)26(23)17-11-25(33)38-15-17/h11-12,19-24,26-27,34-35H,5-10,13-15H2,1-4H3. The molecule has 0 aromatic carbocycles. The van der Waals surface area contributed by atoms with E-state index in [1.807, 2.05) is 0 Å². The highest BCUT2D eigenvalue weighted by Crippen LogP contribution is 2.70. The number of aliphatic hydroxyl groups is 2. The van der Waals surface area contributed by atoms with Gasteiger partial charge in [0.1, 0.15) is 24.9 Å². The van der Waals surface area contributed by atoms with Gasteiger partial charge in [0.15, 0.2) is 0 Å². The first-order chi connectivity index (χ1) is 19.4. The zero-order valence-electron chi connectivity index (χ0n) is 24.3. The Labute approximate surface area is 240 Å². The highest BCUT2D eigenvalue weighted by Gasteiger charge is 2.71. The molecule has 3 saturated carbocycles. The van der Waals surface area contributed by atoms with Crippen molar-refractivity contribution in [2.45, 2.75) is 108 Å². The molecule has 4 aliphatic carbocycles. The van der Waals surface area contributed by atoms with Gasteiger partial charge < -0.3 is 38.6 Å². The minimum atomic E-state index is -1.68. The third-order valence-corrected chi connectivity index (χ3v) is 12.0. The summed E-state index contributed by atoms with van der Waals surface area (Å²) in [5.41, 5.74) is 0.167. The summed E-state index contributed by atoms with van der Waals surface area (Å²) in [6.45, 7) is 6.36. The first-order valence-electron chi connectivity index (χ1n) is 15.1. The number of allylic oxidation sites excluding steroid dienone is 1. The van der Waals surface area contributed by atoms with Gasteiger partial charge in [0, 0.05) is 44.3 Å². The monoisotopic (exact) mass is 574 g/mol. The Morgan fingerprint density at radius 3 is 2.63 bits per heavy atom. The highest BCUT2D eigenvalue weighted by molar-refractivity contribution is 5.85. The van der Waals surface area contributed by atoms with Crippen molar-refractivity contribution in [3.05, 3.63) is 23.3 Å². The molecule has 2 N–H and O–H groups in total. The molecular formula is C31H42O10. The maximum Gasteiger partial charge on any atom is 0.331 e. The lowest BCUT2D eigenvalue weighted by Gasteiger charge is -2.63. The fourth-order valence-corrected chi connectivity index (χ4v) is 10.2. The Morgan fingerprint density at radius 1 is 1.12 bits per heavy atom. The Morgan fingerprint density at radius 2 is 1.93 bits per heavy atom. The van der Waals surface area contributed by atoms with Crippen molar-refractivity contribution in [3.8, 4) is 0 Å². The summed E-state index contributed by atoms with van der Waals surface area (Å²) < 4.78 is 35.2. The zero-order valence-corrected chi connectivity index (χ0v) is 24.3. The normalized spacial score (nSPS) is 52.1. The molecule has 0 bridgehead atoms. The molecule has 0 radical (unpaired) electrons. The number of rotatable bonds is 3. The molecule has 226 valence electrons. The molecule has 7 rings (SSSR count). The fourth-order valence-electron chi connectivity index (χ4n) is 10.2. The van der Waals surface area contributed by atoms with Crippen molar-refractivity contribution in [1.29, 1.82) is 0 Å². The SMILES string of the molecule is COC1CCOC2OC3C=C4CCC5C(CCC6(C)C(C7=CC(=O)OC7)C(OC(C)=O)CC56O)C4(C)CC3OC12O. The molecule has 3 aliphatic heterocycles. The average molecular weight is 575 g/mol. The van der Waals surface area contributed by atoms with Crippen LogP contribution < -0.4 is 0 Å². The molecule has 10 heteroatoms. The number of hydrogen-bond acceptors (Lipinski definition) is 10. The van der Waals surface area contributed by atoms with Crippen molar-refractivity contribution < 1.29 is 48.2 Å². The van der Waals surface area contributed by atoms with Gasteiger partial charge in [-0.2, -0.15) is 0 Å². The lowest BCUT2D eigenvalue weighted by Crippen LogP contribution is -2.68. The Hall–Kier alpha value is -1.82. The van der Waals surface area contributed by atoms with Crippen LogP contribution in [0.25, 0.3) is 0 Å². The van der Waals surface area contributed by atoms with Crippen LogP contribution in [0, 0.1) is 28.6 Å². The van der Waals surface area contributed by atoms with Gasteiger partial charge in [-0.05, 0) is 54.9 Å². The van der Waals surface area contributed by atoms with Crippen LogP contribution in [0.5, 0.6) is 0 Å². The first kappa shape index (κ1) is 28.0. The number of methoxy groups -OCH3 is 1. The number of carbonyl (C=O) groups is 2. The number of ether oxygens (including phenoxy) is 6. The van der Waals surface area contributed by atoms with E-state index in [9.17, 15) is 19.8 Å². The minimum Gasteiger partial charge on any atom is -0.462 e. The maximum absolute atomic E-state index is 12.8. The summed E-state index contributed by atoms with van der Waals surface area (Å²) in [5.74, 6) is -2.62. The van der Waals surface area contributed by atoms with E-state index < -0.39 is 35.3 Å². The molecule has 5 fully saturated rings. The summed E-state index contributed by atoms with van der Waals surface area (Å²) in [4.78, 5) is 24.2. The van der Waals surface area contributed by atoms with Gasteiger partial charge in [0.2, 0.25) is 12.1 Å². The smallest absolute Gasteiger partial charge is 0.331 e. The second-order valence-corrected chi connectivity index (χ2v) is 13.8. The Bertz CT molecular complexity index is 1200. The molecule has 0 spiro atoms. The van der Waals surface area contributed by atoms with Gasteiger partial charge in [-0.15, -0.1) is 0 Å². The number of carbonyl (C=O) groups excluding carboxylic acids is 2. The molecular weight excluding hydrogens is 532 g/mol. The van der Waals surface area contributed by atoms with Crippen LogP contribution in [-0.4, -0.2) is 84.6 Å². The van der Waals surface area contributed by atoms with Gasteiger partial charge in [-0.25, -0.2) is 4.79 Å². The van der Waals surface area contributed by atoms with Crippen LogP contribution in [0.3, 0.4) is 0 Å². The summed E-state index contributed by atoms with van der Waals surface area (Å²) >= 11 is 0. The van der Waals surface area contributed by atoms with E-state index in [2.05, 4.69) is 19.9 Å². The fraction of sp³-hybridized carbons (Fsp3) is 0.806. The molecule has 0 aromatic rings. The van der Waals surface area contributed by atoms with E-state index in [0.29, 0.717) is 25.9 Å². The van der Waals surface area contributed by atoms with Crippen LogP contribution in [0.4, 0.5) is 0 Å². The topological polar surface area (TPSA) is 130 Å². The van der Waals surface area contributed by atoms with E-state index in [1.54, 1.807) is 7.11 Å². The zero-order chi connectivity index (χ0) is 28.9. The third kappa shape index (κ3) is 3.83. The molecule has 7 aliphatic rings. The summed E-state index contributed by atoms with van der Waals surface area (Å²) in [6.07, 6.45) is 5.69. The minimum absolute atomic E-state index is 0.0355. The van der Waals surface area contributed by atoms with E-state index in [-0.39, 0.29) is 53.9 Å². The van der Waals surface area contributed by atoms with E-state index in [0.717, 1.165) is 31.3 Å². The van der Waals surface area contributed by atoms with Crippen LogP contribution >= 0.6 is 0 Å². The second kappa shape index (κ2) is 9.34. The van der Waals surface area contributed by atoms with E-state index in [4.69, 9.17) is 28.4 Å². The first-order valence-corrected chi connectivity index (χ1v) is 15.1. The van der Waals surface area contributed by atoms with Gasteiger partial charge in [0.25, 0.3) is 0 Å². The molecule has 0 aromatic heterocycles. The largest absolute Gasteiger partial charge is 0.462 e. The van der Waals surface area contributed by atoms with Gasteiger partial charge in [0.05, 0.1) is 18.3 Å². The van der Waals surface area contributed by atoms with Gasteiger partial charge in [-0.1, -0.05) is 25.5 Å². The van der Waals surface area contributed by atoms with Crippen molar-refractivity contribution in [2.24, 2.45) is 28.6 Å². The predicted octanol–water partition coefficient (Wildman–Crippen LogP) is 2.55. The van der Waals surface area contributed by atoms with Crippen molar-refractivity contribution in [2.75, 3.05) is 20.3 Å². The summed E-state index contributed by atoms with van der Waals surface area (Å²) in [6, 6.07) is 0. The van der Waals surface area contributed by atoms with Crippen molar-refractivity contribution in [1.82, 2.24) is 0 Å². The lowest BCUT2D eigenvalue weighted by molar-refractivity contribution is -0.442. The number of fused-ring (bicyclic) bond motifs is 7. The second-order valence-electron chi connectivity index (χ2n) is 13.8. The number of hydrogen-bond donors (Lipinski definition) is 2. The number of cyclic esters (lactones) is 1. The van der Waals surface area contributed by atoms with Crippen LogP contribution in [0.2, 0.25) is 0 Å². The Kier molecular flexibility index (Phi) is 6.37. The van der Waals surface area contributed by atoms with Crippen LogP contribution in [0.15, 0.2) is 23.3 Å². The van der Waals surface area contributed by atoms with E-state index >= 15 is 0 Å². The van der Waals surface area contributed by atoms with E-state index in [1.165, 1.54) is 18.6 Å². The van der Waals surface area contributed by atoms with Gasteiger partial charge in [-0.3, -0.25) is 4.79 Å². The molecule has 0 amide bonds.